The third-order valence-electron chi connectivity index (χ3n) is 4.27. The number of carbonyl (C=O) groups excluding carboxylic acids is 1. The molecule has 5 nitrogen and oxygen atoms in total. The zero-order valence-corrected chi connectivity index (χ0v) is 14.5. The second kappa shape index (κ2) is 8.03. The maximum atomic E-state index is 13.7. The van der Waals surface area contributed by atoms with Gasteiger partial charge in [-0.3, -0.25) is 0 Å². The molecule has 2 aromatic carbocycles. The van der Waals surface area contributed by atoms with Crippen LogP contribution in [0.3, 0.4) is 0 Å². The van der Waals surface area contributed by atoms with E-state index in [1.54, 1.807) is 4.90 Å². The SMILES string of the molecule is CCOc1ccccc1N1CCN(C(=O)Nc2c(F)cccc2F)CC1. The molecule has 0 aliphatic carbocycles. The molecule has 2 aromatic rings. The van der Waals surface area contributed by atoms with Crippen molar-refractivity contribution in [2.75, 3.05) is 43.0 Å². The molecular formula is C19H21F2N3O2. The van der Waals surface area contributed by atoms with Gasteiger partial charge >= 0.3 is 6.03 Å². The summed E-state index contributed by atoms with van der Waals surface area (Å²) in [5, 5.41) is 2.33. The van der Waals surface area contributed by atoms with Crippen LogP contribution in [0.4, 0.5) is 25.0 Å². The van der Waals surface area contributed by atoms with Gasteiger partial charge in [-0.15, -0.1) is 0 Å². The number of piperazine rings is 1. The fourth-order valence-electron chi connectivity index (χ4n) is 2.95. The Kier molecular flexibility index (Phi) is 5.55. The minimum absolute atomic E-state index is 0.415. The van der Waals surface area contributed by atoms with Gasteiger partial charge in [-0.25, -0.2) is 13.6 Å². The first-order valence-electron chi connectivity index (χ1n) is 8.57. The highest BCUT2D eigenvalue weighted by Gasteiger charge is 2.24. The molecule has 7 heteroatoms. The van der Waals surface area contributed by atoms with Crippen molar-refractivity contribution >= 4 is 17.4 Å². The van der Waals surface area contributed by atoms with Crippen LogP contribution < -0.4 is 15.0 Å². The van der Waals surface area contributed by atoms with Gasteiger partial charge in [0.05, 0.1) is 12.3 Å². The number of hydrogen-bond acceptors (Lipinski definition) is 3. The van der Waals surface area contributed by atoms with Crippen molar-refractivity contribution in [2.45, 2.75) is 6.92 Å². The number of ether oxygens (including phenoxy) is 1. The highest BCUT2D eigenvalue weighted by Crippen LogP contribution is 2.29. The minimum atomic E-state index is -0.789. The predicted octanol–water partition coefficient (Wildman–Crippen LogP) is 3.72. The van der Waals surface area contributed by atoms with Crippen molar-refractivity contribution in [3.8, 4) is 5.75 Å². The predicted molar refractivity (Wildman–Crippen MR) is 96.8 cm³/mol. The Balaban J connectivity index is 1.63. The Labute approximate surface area is 151 Å². The summed E-state index contributed by atoms with van der Waals surface area (Å²) in [4.78, 5) is 16.0. The number of rotatable bonds is 4. The summed E-state index contributed by atoms with van der Waals surface area (Å²) in [5.41, 5.74) is 0.566. The van der Waals surface area contributed by atoms with Crippen LogP contribution >= 0.6 is 0 Å². The lowest BCUT2D eigenvalue weighted by Crippen LogP contribution is -2.50. The Hall–Kier alpha value is -2.83. The summed E-state index contributed by atoms with van der Waals surface area (Å²) >= 11 is 0. The lowest BCUT2D eigenvalue weighted by molar-refractivity contribution is 0.207. The minimum Gasteiger partial charge on any atom is -0.492 e. The molecule has 0 atom stereocenters. The molecule has 1 heterocycles. The third-order valence-corrected chi connectivity index (χ3v) is 4.27. The van der Waals surface area contributed by atoms with Crippen LogP contribution in [0.5, 0.6) is 5.75 Å². The van der Waals surface area contributed by atoms with Crippen LogP contribution in [0.2, 0.25) is 0 Å². The zero-order chi connectivity index (χ0) is 18.5. The molecule has 3 rings (SSSR count). The van der Waals surface area contributed by atoms with E-state index in [1.807, 2.05) is 31.2 Å². The Bertz CT molecular complexity index is 757. The number of carbonyl (C=O) groups is 1. The van der Waals surface area contributed by atoms with E-state index >= 15 is 0 Å². The molecule has 1 fully saturated rings. The number of anilines is 2. The maximum absolute atomic E-state index is 13.7. The van der Waals surface area contributed by atoms with E-state index in [4.69, 9.17) is 4.74 Å². The molecule has 1 saturated heterocycles. The van der Waals surface area contributed by atoms with Crippen molar-refractivity contribution in [3.05, 3.63) is 54.1 Å². The third kappa shape index (κ3) is 3.87. The monoisotopic (exact) mass is 361 g/mol. The smallest absolute Gasteiger partial charge is 0.322 e. The summed E-state index contributed by atoms with van der Waals surface area (Å²) in [6.07, 6.45) is 0. The van der Waals surface area contributed by atoms with Gasteiger partial charge in [0.25, 0.3) is 0 Å². The van der Waals surface area contributed by atoms with Gasteiger partial charge in [0.1, 0.15) is 23.1 Å². The number of nitrogens with one attached hydrogen (secondary N) is 1. The molecular weight excluding hydrogens is 340 g/mol. The van der Waals surface area contributed by atoms with Crippen LogP contribution in [0, 0.1) is 11.6 Å². The first-order chi connectivity index (χ1) is 12.6. The Morgan fingerprint density at radius 2 is 1.69 bits per heavy atom. The van der Waals surface area contributed by atoms with Crippen molar-refractivity contribution in [1.82, 2.24) is 4.90 Å². The fourth-order valence-corrected chi connectivity index (χ4v) is 2.95. The van der Waals surface area contributed by atoms with Gasteiger partial charge in [-0.2, -0.15) is 0 Å². The quantitative estimate of drug-likeness (QED) is 0.903. The number of para-hydroxylation sites is 3. The highest BCUT2D eigenvalue weighted by molar-refractivity contribution is 5.89. The summed E-state index contributed by atoms with van der Waals surface area (Å²) in [6.45, 7) is 4.62. The first-order valence-corrected chi connectivity index (χ1v) is 8.57. The molecule has 0 spiro atoms. The van der Waals surface area contributed by atoms with Crippen LogP contribution in [-0.2, 0) is 0 Å². The van der Waals surface area contributed by atoms with Crippen LogP contribution in [-0.4, -0.2) is 43.7 Å². The van der Waals surface area contributed by atoms with Gasteiger partial charge in [-0.05, 0) is 31.2 Å². The van der Waals surface area contributed by atoms with E-state index < -0.39 is 23.4 Å². The molecule has 1 aliphatic rings. The van der Waals surface area contributed by atoms with Crippen LogP contribution in [0.15, 0.2) is 42.5 Å². The fraction of sp³-hybridized carbons (Fsp3) is 0.316. The van der Waals surface area contributed by atoms with Gasteiger partial charge < -0.3 is 19.9 Å². The number of halogens is 2. The van der Waals surface area contributed by atoms with E-state index in [2.05, 4.69) is 10.2 Å². The highest BCUT2D eigenvalue weighted by atomic mass is 19.1. The van der Waals surface area contributed by atoms with Crippen molar-refractivity contribution in [2.24, 2.45) is 0 Å². The molecule has 1 N–H and O–H groups in total. The van der Waals surface area contributed by atoms with Gasteiger partial charge in [-0.1, -0.05) is 18.2 Å². The molecule has 138 valence electrons. The summed E-state index contributed by atoms with van der Waals surface area (Å²) < 4.78 is 33.0. The van der Waals surface area contributed by atoms with Gasteiger partial charge in [0.2, 0.25) is 0 Å². The largest absolute Gasteiger partial charge is 0.492 e. The Morgan fingerprint density at radius 1 is 1.04 bits per heavy atom. The number of benzene rings is 2. The van der Waals surface area contributed by atoms with Gasteiger partial charge in [0.15, 0.2) is 0 Å². The second-order valence-electron chi connectivity index (χ2n) is 5.90. The van der Waals surface area contributed by atoms with E-state index in [0.717, 1.165) is 23.6 Å². The topological polar surface area (TPSA) is 44.8 Å². The molecule has 0 bridgehead atoms. The number of urea groups is 1. The lowest BCUT2D eigenvalue weighted by atomic mass is 10.2. The summed E-state index contributed by atoms with van der Waals surface area (Å²) in [6, 6.07) is 10.7. The molecule has 0 aromatic heterocycles. The van der Waals surface area contributed by atoms with Crippen LogP contribution in [0.1, 0.15) is 6.92 Å². The molecule has 0 saturated carbocycles. The number of nitrogens with zero attached hydrogens (tertiary/aromatic N) is 2. The van der Waals surface area contributed by atoms with E-state index in [0.29, 0.717) is 32.8 Å². The van der Waals surface area contributed by atoms with E-state index in [-0.39, 0.29) is 0 Å². The molecule has 26 heavy (non-hydrogen) atoms. The molecule has 0 unspecified atom stereocenters. The average molecular weight is 361 g/mol. The average Bonchev–Trinajstić information content (AvgIpc) is 2.66. The maximum Gasteiger partial charge on any atom is 0.322 e. The van der Waals surface area contributed by atoms with Crippen molar-refractivity contribution in [3.63, 3.8) is 0 Å². The number of amides is 2. The standard InChI is InChI=1S/C19H21F2N3O2/c1-2-26-17-9-4-3-8-16(17)23-10-12-24(13-11-23)19(25)22-18-14(20)6-5-7-15(18)21/h3-9H,2,10-13H2,1H3,(H,22,25). The van der Waals surface area contributed by atoms with Crippen molar-refractivity contribution < 1.29 is 18.3 Å². The van der Waals surface area contributed by atoms with Crippen molar-refractivity contribution in [1.29, 1.82) is 0 Å². The molecule has 1 aliphatic heterocycles. The summed E-state index contributed by atoms with van der Waals surface area (Å²) in [7, 11) is 0. The zero-order valence-electron chi connectivity index (χ0n) is 14.5. The summed E-state index contributed by atoms with van der Waals surface area (Å²) in [5.74, 6) is -0.772. The first kappa shape index (κ1) is 18.0. The molecule has 0 radical (unpaired) electrons. The molecule has 2 amide bonds. The van der Waals surface area contributed by atoms with E-state index in [9.17, 15) is 13.6 Å². The van der Waals surface area contributed by atoms with Gasteiger partial charge in [0, 0.05) is 26.2 Å². The number of hydrogen-bond donors (Lipinski definition) is 1. The normalized spacial score (nSPS) is 14.3. The second-order valence-corrected chi connectivity index (χ2v) is 5.90. The van der Waals surface area contributed by atoms with E-state index in [1.165, 1.54) is 6.07 Å². The Morgan fingerprint density at radius 3 is 2.35 bits per heavy atom. The van der Waals surface area contributed by atoms with Crippen LogP contribution in [0.25, 0.3) is 0 Å². The lowest BCUT2D eigenvalue weighted by Gasteiger charge is -2.36.